The zero-order chi connectivity index (χ0) is 14.1. The van der Waals surface area contributed by atoms with Crippen molar-refractivity contribution in [3.05, 3.63) is 58.3 Å². The Morgan fingerprint density at radius 2 is 2.10 bits per heavy atom. The van der Waals surface area contributed by atoms with E-state index in [1.165, 1.54) is 6.20 Å². The minimum Gasteiger partial charge on any atom is -0.345 e. The van der Waals surface area contributed by atoms with Gasteiger partial charge in [-0.25, -0.2) is 4.98 Å². The molecule has 0 atom stereocenters. The highest BCUT2D eigenvalue weighted by Crippen LogP contribution is 2.13. The van der Waals surface area contributed by atoms with E-state index in [4.69, 9.17) is 0 Å². The van der Waals surface area contributed by atoms with Crippen molar-refractivity contribution in [2.75, 3.05) is 5.32 Å². The molecule has 3 rings (SSSR count). The van der Waals surface area contributed by atoms with Crippen LogP contribution in [0.5, 0.6) is 0 Å². The Hall–Kier alpha value is -2.89. The Labute approximate surface area is 113 Å². The average Bonchev–Trinajstić information content (AvgIpc) is 2.90. The van der Waals surface area contributed by atoms with Gasteiger partial charge in [-0.05, 0) is 31.2 Å². The number of imidazole rings is 1. The number of carbonyl (C=O) groups is 1. The number of pyridine rings is 1. The fourth-order valence-corrected chi connectivity index (χ4v) is 1.95. The van der Waals surface area contributed by atoms with Crippen molar-refractivity contribution >= 4 is 22.6 Å². The Morgan fingerprint density at radius 1 is 1.25 bits per heavy atom. The second-order valence-electron chi connectivity index (χ2n) is 4.49. The molecule has 0 aliphatic rings. The van der Waals surface area contributed by atoms with Crippen LogP contribution in [0.4, 0.5) is 5.69 Å². The number of carbonyl (C=O) groups excluding carboxylic acids is 1. The summed E-state index contributed by atoms with van der Waals surface area (Å²) in [6, 6.07) is 6.84. The lowest BCUT2D eigenvalue weighted by Gasteiger charge is -2.05. The minimum absolute atomic E-state index is 0.165. The van der Waals surface area contributed by atoms with Gasteiger partial charge in [0.05, 0.1) is 23.0 Å². The van der Waals surface area contributed by atoms with Crippen LogP contribution in [-0.2, 0) is 0 Å². The van der Waals surface area contributed by atoms with E-state index in [0.29, 0.717) is 16.8 Å². The molecule has 0 saturated heterocycles. The third-order valence-corrected chi connectivity index (χ3v) is 3.03. The fourth-order valence-electron chi connectivity index (χ4n) is 1.95. The number of aromatic nitrogens is 3. The molecular weight excluding hydrogens is 256 g/mol. The van der Waals surface area contributed by atoms with Crippen LogP contribution in [0.2, 0.25) is 0 Å². The second kappa shape index (κ2) is 4.65. The molecule has 0 saturated carbocycles. The molecule has 3 aromatic rings. The first-order valence-corrected chi connectivity index (χ1v) is 6.07. The second-order valence-corrected chi connectivity index (χ2v) is 4.49. The van der Waals surface area contributed by atoms with Gasteiger partial charge in [-0.1, -0.05) is 0 Å². The topological polar surface area (TPSA) is 90.6 Å². The average molecular weight is 268 g/mol. The Balaban J connectivity index is 1.88. The molecule has 2 heterocycles. The summed E-state index contributed by atoms with van der Waals surface area (Å²) in [6.07, 6.45) is 3.06. The van der Waals surface area contributed by atoms with Gasteiger partial charge in [0.2, 0.25) is 0 Å². The van der Waals surface area contributed by atoms with Gasteiger partial charge in [0, 0.05) is 17.3 Å². The van der Waals surface area contributed by atoms with Gasteiger partial charge in [-0.15, -0.1) is 0 Å². The number of hydrogen-bond donors (Lipinski definition) is 3. The van der Waals surface area contributed by atoms with Crippen molar-refractivity contribution in [2.45, 2.75) is 6.92 Å². The highest BCUT2D eigenvalue weighted by Gasteiger charge is 2.08. The minimum atomic E-state index is -0.243. The first-order chi connectivity index (χ1) is 9.63. The van der Waals surface area contributed by atoms with E-state index >= 15 is 0 Å². The summed E-state index contributed by atoms with van der Waals surface area (Å²) in [5.74, 6) is -0.243. The van der Waals surface area contributed by atoms with Gasteiger partial charge >= 0.3 is 0 Å². The maximum absolute atomic E-state index is 12.1. The lowest BCUT2D eigenvalue weighted by atomic mass is 10.2. The van der Waals surface area contributed by atoms with Crippen LogP contribution < -0.4 is 10.9 Å². The van der Waals surface area contributed by atoms with Gasteiger partial charge in [-0.3, -0.25) is 9.59 Å². The molecular formula is C14H12N4O2. The zero-order valence-corrected chi connectivity index (χ0v) is 10.7. The maximum atomic E-state index is 12.1. The van der Waals surface area contributed by atoms with Crippen molar-refractivity contribution in [2.24, 2.45) is 0 Å². The zero-order valence-electron chi connectivity index (χ0n) is 10.7. The lowest BCUT2D eigenvalue weighted by Crippen LogP contribution is -2.15. The van der Waals surface area contributed by atoms with Crippen LogP contribution >= 0.6 is 0 Å². The highest BCUT2D eigenvalue weighted by atomic mass is 16.1. The van der Waals surface area contributed by atoms with Crippen molar-refractivity contribution in [3.8, 4) is 0 Å². The molecule has 1 aromatic carbocycles. The molecule has 100 valence electrons. The summed E-state index contributed by atoms with van der Waals surface area (Å²) in [4.78, 5) is 33.0. The third-order valence-electron chi connectivity index (χ3n) is 3.03. The summed E-state index contributed by atoms with van der Waals surface area (Å²) in [5.41, 5.74) is 3.06. The number of benzene rings is 1. The summed E-state index contributed by atoms with van der Waals surface area (Å²) in [5, 5.41) is 2.74. The third kappa shape index (κ3) is 2.18. The molecule has 3 N–H and O–H groups in total. The van der Waals surface area contributed by atoms with Crippen LogP contribution in [0, 0.1) is 6.92 Å². The highest BCUT2D eigenvalue weighted by molar-refractivity contribution is 6.05. The van der Waals surface area contributed by atoms with E-state index in [9.17, 15) is 9.59 Å². The van der Waals surface area contributed by atoms with Gasteiger partial charge in [0.1, 0.15) is 0 Å². The Bertz CT molecular complexity index is 848. The molecule has 6 nitrogen and oxygen atoms in total. The number of anilines is 1. The molecule has 2 aromatic heterocycles. The number of H-pyrrole nitrogens is 2. The predicted octanol–water partition coefficient (Wildman–Crippen LogP) is 1.81. The summed E-state index contributed by atoms with van der Waals surface area (Å²) >= 11 is 0. The standard InChI is InChI=1S/C14H12N4O2/c1-8-4-10(6-15-13(8)19)18-14(20)9-2-3-11-12(5-9)17-7-16-11/h2-7H,1H3,(H,15,19)(H,16,17)(H,18,20). The van der Waals surface area contributed by atoms with Gasteiger partial charge < -0.3 is 15.3 Å². The number of aromatic amines is 2. The summed E-state index contributed by atoms with van der Waals surface area (Å²) in [6.45, 7) is 1.69. The van der Waals surface area contributed by atoms with Gasteiger partial charge in [-0.2, -0.15) is 0 Å². The number of amides is 1. The molecule has 20 heavy (non-hydrogen) atoms. The van der Waals surface area contributed by atoms with Crippen LogP contribution in [0.15, 0.2) is 41.6 Å². The van der Waals surface area contributed by atoms with E-state index in [1.807, 2.05) is 0 Å². The maximum Gasteiger partial charge on any atom is 0.255 e. The van der Waals surface area contributed by atoms with E-state index in [1.54, 1.807) is 37.5 Å². The number of aryl methyl sites for hydroxylation is 1. The van der Waals surface area contributed by atoms with Crippen LogP contribution in [0.25, 0.3) is 11.0 Å². The quantitative estimate of drug-likeness (QED) is 0.662. The first-order valence-electron chi connectivity index (χ1n) is 6.07. The molecule has 0 aliphatic carbocycles. The number of rotatable bonds is 2. The van der Waals surface area contributed by atoms with Crippen LogP contribution in [0.3, 0.4) is 0 Å². The van der Waals surface area contributed by atoms with Crippen molar-refractivity contribution in [3.63, 3.8) is 0 Å². The number of fused-ring (bicyclic) bond motifs is 1. The largest absolute Gasteiger partial charge is 0.345 e. The number of hydrogen-bond acceptors (Lipinski definition) is 3. The van der Waals surface area contributed by atoms with Crippen LogP contribution in [-0.4, -0.2) is 20.9 Å². The van der Waals surface area contributed by atoms with Crippen molar-refractivity contribution in [1.29, 1.82) is 0 Å². The fraction of sp³-hybridized carbons (Fsp3) is 0.0714. The molecule has 1 amide bonds. The summed E-state index contributed by atoms with van der Waals surface area (Å²) < 4.78 is 0. The summed E-state index contributed by atoms with van der Waals surface area (Å²) in [7, 11) is 0. The molecule has 6 heteroatoms. The molecule has 0 bridgehead atoms. The van der Waals surface area contributed by atoms with Crippen LogP contribution in [0.1, 0.15) is 15.9 Å². The van der Waals surface area contributed by atoms with E-state index < -0.39 is 0 Å². The monoisotopic (exact) mass is 268 g/mol. The van der Waals surface area contributed by atoms with E-state index in [2.05, 4.69) is 20.3 Å². The molecule has 0 fully saturated rings. The van der Waals surface area contributed by atoms with Crippen molar-refractivity contribution in [1.82, 2.24) is 15.0 Å². The van der Waals surface area contributed by atoms with Gasteiger partial charge in [0.15, 0.2) is 0 Å². The lowest BCUT2D eigenvalue weighted by molar-refractivity contribution is 0.102. The molecule has 0 aliphatic heterocycles. The predicted molar refractivity (Wildman–Crippen MR) is 75.8 cm³/mol. The van der Waals surface area contributed by atoms with Gasteiger partial charge in [0.25, 0.3) is 11.5 Å². The Morgan fingerprint density at radius 3 is 2.90 bits per heavy atom. The normalized spacial score (nSPS) is 10.7. The number of nitrogens with one attached hydrogen (secondary N) is 3. The Kier molecular flexibility index (Phi) is 2.83. The van der Waals surface area contributed by atoms with E-state index in [-0.39, 0.29) is 11.5 Å². The molecule has 0 spiro atoms. The van der Waals surface area contributed by atoms with Crippen molar-refractivity contribution < 1.29 is 4.79 Å². The SMILES string of the molecule is Cc1cc(NC(=O)c2ccc3nc[nH]c3c2)c[nH]c1=O. The van der Waals surface area contributed by atoms with E-state index in [0.717, 1.165) is 11.0 Å². The molecule has 0 radical (unpaired) electrons. The smallest absolute Gasteiger partial charge is 0.255 e. The molecule has 0 unspecified atom stereocenters. The number of nitrogens with zero attached hydrogens (tertiary/aromatic N) is 1. The first kappa shape index (κ1) is 12.2.